The van der Waals surface area contributed by atoms with Crippen LogP contribution in [0.15, 0.2) is 35.5 Å². The van der Waals surface area contributed by atoms with Crippen LogP contribution in [0.1, 0.15) is 5.76 Å². The summed E-state index contributed by atoms with van der Waals surface area (Å²) in [6.07, 6.45) is 3.37. The Bertz CT molecular complexity index is 282. The van der Waals surface area contributed by atoms with Crippen molar-refractivity contribution in [2.45, 2.75) is 6.54 Å². The van der Waals surface area contributed by atoms with Crippen LogP contribution in [0.5, 0.6) is 0 Å². The van der Waals surface area contributed by atoms with Crippen molar-refractivity contribution in [3.8, 4) is 0 Å². The van der Waals surface area contributed by atoms with Gasteiger partial charge in [0.2, 0.25) is 5.91 Å². The molecule has 0 fully saturated rings. The molecule has 1 amide bonds. The van der Waals surface area contributed by atoms with Gasteiger partial charge in [0.05, 0.1) is 18.6 Å². The predicted molar refractivity (Wildman–Crippen MR) is 58.1 cm³/mol. The molecule has 1 N–H and O–H groups in total. The Morgan fingerprint density at radius 2 is 2.57 bits per heavy atom. The zero-order valence-corrected chi connectivity index (χ0v) is 8.68. The fourth-order valence-corrected chi connectivity index (χ4v) is 1.46. The molecule has 3 nitrogen and oxygen atoms in total. The molecule has 1 rings (SSSR count). The number of furan rings is 1. The average molecular weight is 211 g/mol. The first-order valence-electron chi connectivity index (χ1n) is 4.30. The average Bonchev–Trinajstić information content (AvgIpc) is 2.68. The van der Waals surface area contributed by atoms with Crippen LogP contribution < -0.4 is 5.32 Å². The highest BCUT2D eigenvalue weighted by molar-refractivity contribution is 8.00. The third-order valence-electron chi connectivity index (χ3n) is 1.51. The molecule has 0 saturated carbocycles. The highest BCUT2D eigenvalue weighted by Crippen LogP contribution is 2.01. The van der Waals surface area contributed by atoms with E-state index in [4.69, 9.17) is 4.42 Å². The fourth-order valence-electron chi connectivity index (χ4n) is 0.885. The summed E-state index contributed by atoms with van der Waals surface area (Å²) in [7, 11) is 0. The van der Waals surface area contributed by atoms with E-state index < -0.39 is 0 Å². The van der Waals surface area contributed by atoms with Crippen molar-refractivity contribution in [3.63, 3.8) is 0 Å². The third-order valence-corrected chi connectivity index (χ3v) is 2.45. The Balaban J connectivity index is 2.12. The van der Waals surface area contributed by atoms with Crippen molar-refractivity contribution in [2.24, 2.45) is 0 Å². The second-order valence-corrected chi connectivity index (χ2v) is 3.69. The lowest BCUT2D eigenvalue weighted by molar-refractivity contribution is -0.118. The minimum Gasteiger partial charge on any atom is -0.467 e. The van der Waals surface area contributed by atoms with Gasteiger partial charge >= 0.3 is 0 Å². The van der Waals surface area contributed by atoms with Crippen LogP contribution in [0.2, 0.25) is 0 Å². The van der Waals surface area contributed by atoms with Crippen molar-refractivity contribution in [1.29, 1.82) is 0 Å². The maximum absolute atomic E-state index is 11.2. The highest BCUT2D eigenvalue weighted by atomic mass is 32.2. The van der Waals surface area contributed by atoms with Gasteiger partial charge in [-0.2, -0.15) is 0 Å². The molecule has 1 aromatic rings. The Hall–Kier alpha value is -1.16. The molecule has 14 heavy (non-hydrogen) atoms. The van der Waals surface area contributed by atoms with E-state index in [1.165, 1.54) is 11.8 Å². The summed E-state index contributed by atoms with van der Waals surface area (Å²) in [4.78, 5) is 11.2. The predicted octanol–water partition coefficient (Wildman–Crippen LogP) is 1.81. The Morgan fingerprint density at radius 3 is 3.21 bits per heavy atom. The third kappa shape index (κ3) is 4.18. The topological polar surface area (TPSA) is 42.2 Å². The van der Waals surface area contributed by atoms with Crippen LogP contribution in [0, 0.1) is 0 Å². The molecule has 0 aromatic carbocycles. The summed E-state index contributed by atoms with van der Waals surface area (Å²) in [6.45, 7) is 4.04. The molecule has 76 valence electrons. The second kappa shape index (κ2) is 6.32. The summed E-state index contributed by atoms with van der Waals surface area (Å²) in [6, 6.07) is 3.63. The van der Waals surface area contributed by atoms with Crippen LogP contribution in [-0.2, 0) is 11.3 Å². The van der Waals surface area contributed by atoms with Crippen LogP contribution in [-0.4, -0.2) is 17.4 Å². The monoisotopic (exact) mass is 211 g/mol. The summed E-state index contributed by atoms with van der Waals surface area (Å²) in [5.74, 6) is 2.06. The first kappa shape index (κ1) is 10.9. The Kier molecular flexibility index (Phi) is 4.93. The standard InChI is InChI=1S/C10H13NO2S/c1-2-6-14-8-10(12)11-7-9-4-3-5-13-9/h2-5H,1,6-8H2,(H,11,12). The van der Waals surface area contributed by atoms with E-state index in [1.807, 2.05) is 6.07 Å². The van der Waals surface area contributed by atoms with E-state index in [0.717, 1.165) is 11.5 Å². The van der Waals surface area contributed by atoms with Crippen LogP contribution in [0.4, 0.5) is 0 Å². The largest absolute Gasteiger partial charge is 0.467 e. The summed E-state index contributed by atoms with van der Waals surface area (Å²) < 4.78 is 5.07. The maximum atomic E-state index is 11.2. The van der Waals surface area contributed by atoms with E-state index in [1.54, 1.807) is 18.4 Å². The van der Waals surface area contributed by atoms with Gasteiger partial charge in [0, 0.05) is 5.75 Å². The minimum atomic E-state index is 0.0215. The number of carbonyl (C=O) groups is 1. The Labute approximate surface area is 87.6 Å². The lowest BCUT2D eigenvalue weighted by Gasteiger charge is -2.01. The van der Waals surface area contributed by atoms with E-state index in [0.29, 0.717) is 12.3 Å². The number of hydrogen-bond donors (Lipinski definition) is 1. The SMILES string of the molecule is C=CCSCC(=O)NCc1ccco1. The highest BCUT2D eigenvalue weighted by Gasteiger charge is 2.01. The molecule has 0 aliphatic carbocycles. The number of hydrogen-bond acceptors (Lipinski definition) is 3. The molecule has 0 unspecified atom stereocenters. The van der Waals surface area contributed by atoms with Crippen molar-refractivity contribution < 1.29 is 9.21 Å². The van der Waals surface area contributed by atoms with Crippen molar-refractivity contribution in [3.05, 3.63) is 36.8 Å². The summed E-state index contributed by atoms with van der Waals surface area (Å²) >= 11 is 1.54. The zero-order chi connectivity index (χ0) is 10.2. The molecule has 0 aliphatic rings. The smallest absolute Gasteiger partial charge is 0.230 e. The first-order valence-corrected chi connectivity index (χ1v) is 5.46. The minimum absolute atomic E-state index is 0.0215. The Morgan fingerprint density at radius 1 is 1.71 bits per heavy atom. The van der Waals surface area contributed by atoms with Crippen molar-refractivity contribution in [1.82, 2.24) is 5.32 Å². The number of rotatable bonds is 6. The van der Waals surface area contributed by atoms with Gasteiger partial charge in [-0.1, -0.05) is 6.08 Å². The van der Waals surface area contributed by atoms with Gasteiger partial charge < -0.3 is 9.73 Å². The number of thioether (sulfide) groups is 1. The molecule has 0 saturated heterocycles. The van der Waals surface area contributed by atoms with Gasteiger partial charge in [0.1, 0.15) is 5.76 Å². The van der Waals surface area contributed by atoms with Gasteiger partial charge in [-0.05, 0) is 12.1 Å². The quantitative estimate of drug-likeness (QED) is 0.576. The van der Waals surface area contributed by atoms with Crippen LogP contribution in [0.25, 0.3) is 0 Å². The lowest BCUT2D eigenvalue weighted by atomic mass is 10.4. The van der Waals surface area contributed by atoms with Crippen molar-refractivity contribution >= 4 is 17.7 Å². The zero-order valence-electron chi connectivity index (χ0n) is 7.86. The molecule has 0 radical (unpaired) electrons. The molecule has 1 aromatic heterocycles. The molecule has 4 heteroatoms. The number of carbonyl (C=O) groups excluding carboxylic acids is 1. The number of nitrogens with one attached hydrogen (secondary N) is 1. The van der Waals surface area contributed by atoms with E-state index >= 15 is 0 Å². The summed E-state index contributed by atoms with van der Waals surface area (Å²) in [5.41, 5.74) is 0. The van der Waals surface area contributed by atoms with Gasteiger partial charge in [-0.25, -0.2) is 0 Å². The summed E-state index contributed by atoms with van der Waals surface area (Å²) in [5, 5.41) is 2.76. The molecule has 1 heterocycles. The maximum Gasteiger partial charge on any atom is 0.230 e. The van der Waals surface area contributed by atoms with Gasteiger partial charge in [0.25, 0.3) is 0 Å². The van der Waals surface area contributed by atoms with E-state index in [2.05, 4.69) is 11.9 Å². The fraction of sp³-hybridized carbons (Fsp3) is 0.300. The number of amides is 1. The van der Waals surface area contributed by atoms with Gasteiger partial charge in [0.15, 0.2) is 0 Å². The van der Waals surface area contributed by atoms with Gasteiger partial charge in [-0.15, -0.1) is 18.3 Å². The molecule has 0 atom stereocenters. The normalized spacial score (nSPS) is 9.71. The van der Waals surface area contributed by atoms with Crippen molar-refractivity contribution in [2.75, 3.05) is 11.5 Å². The molecule has 0 spiro atoms. The van der Waals surface area contributed by atoms with Crippen LogP contribution >= 0.6 is 11.8 Å². The molecule has 0 bridgehead atoms. The van der Waals surface area contributed by atoms with Gasteiger partial charge in [-0.3, -0.25) is 4.79 Å². The van der Waals surface area contributed by atoms with Crippen LogP contribution in [0.3, 0.4) is 0 Å². The first-order chi connectivity index (χ1) is 6.83. The van der Waals surface area contributed by atoms with E-state index in [9.17, 15) is 4.79 Å². The lowest BCUT2D eigenvalue weighted by Crippen LogP contribution is -2.24. The second-order valence-electron chi connectivity index (χ2n) is 2.66. The molecular formula is C10H13NO2S. The molecular weight excluding hydrogens is 198 g/mol. The van der Waals surface area contributed by atoms with E-state index in [-0.39, 0.29) is 5.91 Å². The molecule has 0 aliphatic heterocycles.